The summed E-state index contributed by atoms with van der Waals surface area (Å²) >= 11 is 7.43. The number of hydrogen-bond donors (Lipinski definition) is 1. The number of thioether (sulfide) groups is 1. The van der Waals surface area contributed by atoms with Crippen molar-refractivity contribution in [2.24, 2.45) is 5.92 Å². The summed E-state index contributed by atoms with van der Waals surface area (Å²) in [6, 6.07) is 7.63. The molecule has 20 heavy (non-hydrogen) atoms. The molecule has 0 heterocycles. The maximum atomic E-state index is 12.1. The van der Waals surface area contributed by atoms with Crippen LogP contribution < -0.4 is 5.32 Å². The molecule has 1 saturated carbocycles. The number of carbonyl (C=O) groups is 1. The molecule has 110 valence electrons. The second-order valence-electron chi connectivity index (χ2n) is 5.46. The summed E-state index contributed by atoms with van der Waals surface area (Å²) in [5, 5.41) is 3.75. The predicted octanol–water partition coefficient (Wildman–Crippen LogP) is 4.52. The molecule has 2 rings (SSSR count). The lowest BCUT2D eigenvalue weighted by atomic mass is 9.89. The van der Waals surface area contributed by atoms with Gasteiger partial charge in [0.25, 0.3) is 0 Å². The quantitative estimate of drug-likeness (QED) is 0.810. The number of amides is 1. The Hall–Kier alpha value is -0.670. The SMILES string of the molecule is C[C@@H](Sc1ccc(Cl)cc1)C(=O)NCC1CCCCC1. The van der Waals surface area contributed by atoms with E-state index >= 15 is 0 Å². The summed E-state index contributed by atoms with van der Waals surface area (Å²) < 4.78 is 0. The van der Waals surface area contributed by atoms with Crippen LogP contribution in [0.1, 0.15) is 39.0 Å². The van der Waals surface area contributed by atoms with E-state index in [2.05, 4.69) is 5.32 Å². The average Bonchev–Trinajstić information content (AvgIpc) is 2.48. The van der Waals surface area contributed by atoms with Gasteiger partial charge >= 0.3 is 0 Å². The maximum absolute atomic E-state index is 12.1. The molecule has 1 aromatic rings. The number of hydrogen-bond acceptors (Lipinski definition) is 2. The normalized spacial score (nSPS) is 17.7. The van der Waals surface area contributed by atoms with E-state index in [-0.39, 0.29) is 11.2 Å². The predicted molar refractivity (Wildman–Crippen MR) is 86.4 cm³/mol. The minimum Gasteiger partial charge on any atom is -0.355 e. The molecule has 0 bridgehead atoms. The fourth-order valence-corrected chi connectivity index (χ4v) is 3.57. The maximum Gasteiger partial charge on any atom is 0.233 e. The molecule has 1 aliphatic rings. The lowest BCUT2D eigenvalue weighted by Gasteiger charge is -2.22. The van der Waals surface area contributed by atoms with E-state index in [1.54, 1.807) is 11.8 Å². The van der Waals surface area contributed by atoms with Crippen molar-refractivity contribution in [3.8, 4) is 0 Å². The Morgan fingerprint density at radius 2 is 1.95 bits per heavy atom. The van der Waals surface area contributed by atoms with Crippen LogP contribution in [0.15, 0.2) is 29.2 Å². The van der Waals surface area contributed by atoms with Gasteiger partial charge in [-0.15, -0.1) is 11.8 Å². The Labute approximate surface area is 130 Å². The van der Waals surface area contributed by atoms with E-state index in [1.165, 1.54) is 32.1 Å². The molecule has 0 aliphatic heterocycles. The number of nitrogens with one attached hydrogen (secondary N) is 1. The number of rotatable bonds is 5. The zero-order chi connectivity index (χ0) is 14.4. The lowest BCUT2D eigenvalue weighted by Crippen LogP contribution is -2.35. The highest BCUT2D eigenvalue weighted by Crippen LogP contribution is 2.25. The van der Waals surface area contributed by atoms with Crippen LogP contribution in [-0.4, -0.2) is 17.7 Å². The molecule has 1 atom stereocenters. The molecule has 1 amide bonds. The Morgan fingerprint density at radius 1 is 1.30 bits per heavy atom. The first kappa shape index (κ1) is 15.7. The van der Waals surface area contributed by atoms with Gasteiger partial charge in [0, 0.05) is 16.5 Å². The summed E-state index contributed by atoms with van der Waals surface area (Å²) in [7, 11) is 0. The molecule has 1 aromatic carbocycles. The van der Waals surface area contributed by atoms with Crippen LogP contribution in [-0.2, 0) is 4.79 Å². The van der Waals surface area contributed by atoms with Gasteiger partial charge in [-0.3, -0.25) is 4.79 Å². The van der Waals surface area contributed by atoms with Gasteiger partial charge in [0.2, 0.25) is 5.91 Å². The van der Waals surface area contributed by atoms with E-state index < -0.39 is 0 Å². The third-order valence-corrected chi connectivity index (χ3v) is 5.15. The first-order chi connectivity index (χ1) is 9.65. The molecular weight excluding hydrogens is 290 g/mol. The van der Waals surface area contributed by atoms with Crippen LogP contribution in [0.25, 0.3) is 0 Å². The van der Waals surface area contributed by atoms with Crippen LogP contribution in [0.2, 0.25) is 5.02 Å². The van der Waals surface area contributed by atoms with Crippen molar-refractivity contribution in [3.63, 3.8) is 0 Å². The van der Waals surface area contributed by atoms with E-state index in [0.29, 0.717) is 5.92 Å². The van der Waals surface area contributed by atoms with Gasteiger partial charge in [-0.05, 0) is 49.9 Å². The molecule has 0 radical (unpaired) electrons. The molecule has 0 unspecified atom stereocenters. The molecule has 0 spiro atoms. The Balaban J connectivity index is 1.75. The molecule has 2 nitrogen and oxygen atoms in total. The Morgan fingerprint density at radius 3 is 2.60 bits per heavy atom. The lowest BCUT2D eigenvalue weighted by molar-refractivity contribution is -0.120. The minimum atomic E-state index is -0.0697. The highest BCUT2D eigenvalue weighted by molar-refractivity contribution is 8.00. The zero-order valence-electron chi connectivity index (χ0n) is 11.9. The highest BCUT2D eigenvalue weighted by atomic mass is 35.5. The summed E-state index contributed by atoms with van der Waals surface area (Å²) in [4.78, 5) is 13.2. The molecule has 4 heteroatoms. The van der Waals surface area contributed by atoms with Gasteiger partial charge in [0.1, 0.15) is 0 Å². The topological polar surface area (TPSA) is 29.1 Å². The summed E-state index contributed by atoms with van der Waals surface area (Å²) in [5.41, 5.74) is 0. The van der Waals surface area contributed by atoms with Crippen LogP contribution in [0.4, 0.5) is 0 Å². The van der Waals surface area contributed by atoms with E-state index in [0.717, 1.165) is 16.5 Å². The minimum absolute atomic E-state index is 0.0697. The van der Waals surface area contributed by atoms with Gasteiger partial charge in [-0.25, -0.2) is 0 Å². The third-order valence-electron chi connectivity index (χ3n) is 3.79. The fraction of sp³-hybridized carbons (Fsp3) is 0.562. The summed E-state index contributed by atoms with van der Waals surface area (Å²) in [5.74, 6) is 0.816. The largest absolute Gasteiger partial charge is 0.355 e. The van der Waals surface area contributed by atoms with Gasteiger partial charge < -0.3 is 5.32 Å². The van der Waals surface area contributed by atoms with Crippen molar-refractivity contribution in [2.75, 3.05) is 6.54 Å². The van der Waals surface area contributed by atoms with Crippen LogP contribution in [0, 0.1) is 5.92 Å². The molecule has 1 N–H and O–H groups in total. The van der Waals surface area contributed by atoms with Crippen LogP contribution in [0.5, 0.6) is 0 Å². The fourth-order valence-electron chi connectivity index (χ4n) is 2.55. The standard InChI is InChI=1S/C16H22ClNOS/c1-12(20-15-9-7-14(17)8-10-15)16(19)18-11-13-5-3-2-4-6-13/h7-10,12-13H,2-6,11H2,1H3,(H,18,19)/t12-/m1/s1. The monoisotopic (exact) mass is 311 g/mol. The molecule has 1 fully saturated rings. The van der Waals surface area contributed by atoms with Gasteiger partial charge in [0.15, 0.2) is 0 Å². The van der Waals surface area contributed by atoms with Crippen molar-refractivity contribution in [3.05, 3.63) is 29.3 Å². The van der Waals surface area contributed by atoms with Crippen molar-refractivity contribution >= 4 is 29.3 Å². The van der Waals surface area contributed by atoms with Crippen LogP contribution >= 0.6 is 23.4 Å². The van der Waals surface area contributed by atoms with Gasteiger partial charge in [-0.1, -0.05) is 30.9 Å². The summed E-state index contributed by atoms with van der Waals surface area (Å²) in [6.45, 7) is 2.79. The molecular formula is C16H22ClNOS. The highest BCUT2D eigenvalue weighted by Gasteiger charge is 2.17. The second kappa shape index (κ2) is 7.94. The van der Waals surface area contributed by atoms with E-state index in [9.17, 15) is 4.79 Å². The zero-order valence-corrected chi connectivity index (χ0v) is 13.5. The number of halogens is 1. The number of benzene rings is 1. The van der Waals surface area contributed by atoms with Gasteiger partial charge in [0.05, 0.1) is 5.25 Å². The van der Waals surface area contributed by atoms with E-state index in [4.69, 9.17) is 11.6 Å². The van der Waals surface area contributed by atoms with Crippen LogP contribution in [0.3, 0.4) is 0 Å². The average molecular weight is 312 g/mol. The van der Waals surface area contributed by atoms with Crippen molar-refractivity contribution in [2.45, 2.75) is 49.2 Å². The Bertz CT molecular complexity index is 429. The van der Waals surface area contributed by atoms with Gasteiger partial charge in [-0.2, -0.15) is 0 Å². The first-order valence-electron chi connectivity index (χ1n) is 7.35. The number of carbonyl (C=O) groups excluding carboxylic acids is 1. The molecule has 1 aliphatic carbocycles. The van der Waals surface area contributed by atoms with Crippen molar-refractivity contribution < 1.29 is 4.79 Å². The summed E-state index contributed by atoms with van der Waals surface area (Å²) in [6.07, 6.45) is 6.51. The van der Waals surface area contributed by atoms with Crippen molar-refractivity contribution in [1.82, 2.24) is 5.32 Å². The second-order valence-corrected chi connectivity index (χ2v) is 7.31. The van der Waals surface area contributed by atoms with Crippen molar-refractivity contribution in [1.29, 1.82) is 0 Å². The van der Waals surface area contributed by atoms with E-state index in [1.807, 2.05) is 31.2 Å². The smallest absolute Gasteiger partial charge is 0.233 e. The molecule has 0 saturated heterocycles. The molecule has 0 aromatic heterocycles. The Kier molecular flexibility index (Phi) is 6.24. The third kappa shape index (κ3) is 5.02. The first-order valence-corrected chi connectivity index (χ1v) is 8.61.